The molecule has 2 heteroatoms. The molecule has 0 fully saturated rings. The summed E-state index contributed by atoms with van der Waals surface area (Å²) in [5.41, 5.74) is 5.72. The molecule has 0 bridgehead atoms. The molecule has 62 valence electrons. The Morgan fingerprint density at radius 1 is 1.50 bits per heavy atom. The van der Waals surface area contributed by atoms with Gasteiger partial charge in [-0.2, -0.15) is 0 Å². The molecule has 0 aromatic heterocycles. The second-order valence-electron chi connectivity index (χ2n) is 2.89. The van der Waals surface area contributed by atoms with Crippen LogP contribution in [-0.4, -0.2) is 18.8 Å². The van der Waals surface area contributed by atoms with Crippen LogP contribution < -0.4 is 5.73 Å². The van der Waals surface area contributed by atoms with Gasteiger partial charge in [-0.3, -0.25) is 0 Å². The van der Waals surface area contributed by atoms with Crippen LogP contribution in [0, 0.1) is 0 Å². The standard InChI is InChI=1S/C8H19NO/c1-5-7(9)8(3,6-2)10-4/h7H,5-6,9H2,1-4H3. The lowest BCUT2D eigenvalue weighted by molar-refractivity contribution is -0.0194. The Morgan fingerprint density at radius 3 is 2.10 bits per heavy atom. The predicted molar refractivity (Wildman–Crippen MR) is 44.0 cm³/mol. The smallest absolute Gasteiger partial charge is 0.0798 e. The van der Waals surface area contributed by atoms with Crippen molar-refractivity contribution in [3.63, 3.8) is 0 Å². The van der Waals surface area contributed by atoms with E-state index >= 15 is 0 Å². The van der Waals surface area contributed by atoms with Gasteiger partial charge in [0, 0.05) is 13.2 Å². The van der Waals surface area contributed by atoms with Crippen molar-refractivity contribution in [3.05, 3.63) is 0 Å². The molecule has 0 rings (SSSR count). The third-order valence-electron chi connectivity index (χ3n) is 2.39. The lowest BCUT2D eigenvalue weighted by Crippen LogP contribution is -2.46. The van der Waals surface area contributed by atoms with Crippen molar-refractivity contribution in [1.82, 2.24) is 0 Å². The molecule has 0 aromatic carbocycles. The Kier molecular flexibility index (Phi) is 3.91. The molecule has 2 nitrogen and oxygen atoms in total. The molecule has 0 radical (unpaired) electrons. The molecule has 2 unspecified atom stereocenters. The van der Waals surface area contributed by atoms with E-state index in [0.29, 0.717) is 0 Å². The van der Waals surface area contributed by atoms with Crippen molar-refractivity contribution in [2.45, 2.75) is 45.3 Å². The first kappa shape index (κ1) is 9.92. The Bertz CT molecular complexity index is 89.3. The van der Waals surface area contributed by atoms with Crippen LogP contribution in [0.1, 0.15) is 33.6 Å². The van der Waals surface area contributed by atoms with Gasteiger partial charge in [0.05, 0.1) is 5.60 Å². The average molecular weight is 145 g/mol. The molecule has 0 aliphatic heterocycles. The summed E-state index contributed by atoms with van der Waals surface area (Å²) in [5, 5.41) is 0. The lowest BCUT2D eigenvalue weighted by atomic mass is 9.92. The molecule has 0 saturated heterocycles. The normalized spacial score (nSPS) is 20.1. The summed E-state index contributed by atoms with van der Waals surface area (Å²) < 4.78 is 5.31. The molecule has 0 aliphatic carbocycles. The molecule has 0 saturated carbocycles. The van der Waals surface area contributed by atoms with Gasteiger partial charge >= 0.3 is 0 Å². The van der Waals surface area contributed by atoms with Crippen LogP contribution in [0.4, 0.5) is 0 Å². The number of ether oxygens (including phenoxy) is 1. The quantitative estimate of drug-likeness (QED) is 0.651. The van der Waals surface area contributed by atoms with Crippen molar-refractivity contribution in [2.24, 2.45) is 5.73 Å². The van der Waals surface area contributed by atoms with Crippen molar-refractivity contribution in [1.29, 1.82) is 0 Å². The Balaban J connectivity index is 4.02. The number of rotatable bonds is 4. The molecule has 0 spiro atoms. The monoisotopic (exact) mass is 145 g/mol. The van der Waals surface area contributed by atoms with Crippen LogP contribution in [0.25, 0.3) is 0 Å². The molecule has 0 heterocycles. The van der Waals surface area contributed by atoms with Crippen LogP contribution in [0.5, 0.6) is 0 Å². The first-order chi connectivity index (χ1) is 4.60. The zero-order valence-electron chi connectivity index (χ0n) is 7.48. The third-order valence-corrected chi connectivity index (χ3v) is 2.39. The summed E-state index contributed by atoms with van der Waals surface area (Å²) in [4.78, 5) is 0. The van der Waals surface area contributed by atoms with E-state index in [1.54, 1.807) is 7.11 Å². The highest BCUT2D eigenvalue weighted by atomic mass is 16.5. The number of nitrogens with two attached hydrogens (primary N) is 1. The van der Waals surface area contributed by atoms with Crippen molar-refractivity contribution in [3.8, 4) is 0 Å². The molecule has 0 amide bonds. The summed E-state index contributed by atoms with van der Waals surface area (Å²) >= 11 is 0. The fraction of sp³-hybridized carbons (Fsp3) is 1.00. The maximum atomic E-state index is 5.85. The largest absolute Gasteiger partial charge is 0.377 e. The molecule has 2 N–H and O–H groups in total. The van der Waals surface area contributed by atoms with Crippen molar-refractivity contribution >= 4 is 0 Å². The number of hydrogen-bond donors (Lipinski definition) is 1. The zero-order chi connectivity index (χ0) is 8.20. The van der Waals surface area contributed by atoms with Crippen molar-refractivity contribution < 1.29 is 4.74 Å². The Hall–Kier alpha value is -0.0800. The average Bonchev–Trinajstić information content (AvgIpc) is 2.01. The van der Waals surface area contributed by atoms with E-state index in [-0.39, 0.29) is 11.6 Å². The van der Waals surface area contributed by atoms with E-state index in [9.17, 15) is 0 Å². The van der Waals surface area contributed by atoms with Gasteiger partial charge in [-0.15, -0.1) is 0 Å². The predicted octanol–water partition coefficient (Wildman–Crippen LogP) is 1.54. The summed E-state index contributed by atoms with van der Waals surface area (Å²) in [6.07, 6.45) is 1.94. The number of methoxy groups -OCH3 is 1. The van der Waals surface area contributed by atoms with E-state index in [4.69, 9.17) is 10.5 Å². The molecule has 0 aliphatic rings. The summed E-state index contributed by atoms with van der Waals surface area (Å²) in [5.74, 6) is 0. The van der Waals surface area contributed by atoms with Gasteiger partial charge in [0.15, 0.2) is 0 Å². The van der Waals surface area contributed by atoms with Gasteiger partial charge in [-0.1, -0.05) is 13.8 Å². The highest BCUT2D eigenvalue weighted by Gasteiger charge is 2.27. The fourth-order valence-corrected chi connectivity index (χ4v) is 0.990. The Labute approximate surface area is 63.7 Å². The van der Waals surface area contributed by atoms with Gasteiger partial charge < -0.3 is 10.5 Å². The minimum atomic E-state index is -0.130. The highest BCUT2D eigenvalue weighted by molar-refractivity contribution is 4.84. The second-order valence-corrected chi connectivity index (χ2v) is 2.89. The first-order valence-electron chi connectivity index (χ1n) is 3.91. The zero-order valence-corrected chi connectivity index (χ0v) is 7.48. The lowest BCUT2D eigenvalue weighted by Gasteiger charge is -2.32. The van der Waals surface area contributed by atoms with E-state index in [0.717, 1.165) is 12.8 Å². The van der Waals surface area contributed by atoms with E-state index in [1.807, 2.05) is 0 Å². The Morgan fingerprint density at radius 2 is 2.00 bits per heavy atom. The van der Waals surface area contributed by atoms with Crippen LogP contribution in [-0.2, 0) is 4.74 Å². The van der Waals surface area contributed by atoms with E-state index in [1.165, 1.54) is 0 Å². The van der Waals surface area contributed by atoms with Gasteiger partial charge in [0.2, 0.25) is 0 Å². The molecular formula is C8H19NO. The van der Waals surface area contributed by atoms with Crippen LogP contribution in [0.15, 0.2) is 0 Å². The highest BCUT2D eigenvalue weighted by Crippen LogP contribution is 2.19. The van der Waals surface area contributed by atoms with Crippen LogP contribution in [0.2, 0.25) is 0 Å². The topological polar surface area (TPSA) is 35.2 Å². The van der Waals surface area contributed by atoms with E-state index < -0.39 is 0 Å². The van der Waals surface area contributed by atoms with Crippen molar-refractivity contribution in [2.75, 3.05) is 7.11 Å². The van der Waals surface area contributed by atoms with E-state index in [2.05, 4.69) is 20.8 Å². The summed E-state index contributed by atoms with van der Waals surface area (Å²) in [6, 6.07) is 0.155. The first-order valence-corrected chi connectivity index (χ1v) is 3.91. The molecule has 10 heavy (non-hydrogen) atoms. The van der Waals surface area contributed by atoms with Crippen LogP contribution >= 0.6 is 0 Å². The SMILES string of the molecule is CCC(N)C(C)(CC)OC. The molecular weight excluding hydrogens is 126 g/mol. The number of hydrogen-bond acceptors (Lipinski definition) is 2. The maximum absolute atomic E-state index is 5.85. The second kappa shape index (κ2) is 3.94. The maximum Gasteiger partial charge on any atom is 0.0798 e. The van der Waals surface area contributed by atoms with Gasteiger partial charge in [0.25, 0.3) is 0 Å². The summed E-state index contributed by atoms with van der Waals surface area (Å²) in [7, 11) is 1.72. The molecule has 2 atom stereocenters. The third kappa shape index (κ3) is 1.96. The minimum absolute atomic E-state index is 0.130. The summed E-state index contributed by atoms with van der Waals surface area (Å²) in [6.45, 7) is 6.23. The van der Waals surface area contributed by atoms with Gasteiger partial charge in [0.1, 0.15) is 0 Å². The van der Waals surface area contributed by atoms with Crippen LogP contribution in [0.3, 0.4) is 0 Å². The van der Waals surface area contributed by atoms with Gasteiger partial charge in [-0.05, 0) is 19.8 Å². The fourth-order valence-electron chi connectivity index (χ4n) is 0.990. The van der Waals surface area contributed by atoms with Gasteiger partial charge in [-0.25, -0.2) is 0 Å². The molecule has 0 aromatic rings. The minimum Gasteiger partial charge on any atom is -0.377 e.